The fourth-order valence-electron chi connectivity index (χ4n) is 3.58. The van der Waals surface area contributed by atoms with Gasteiger partial charge in [-0.25, -0.2) is 9.18 Å². The topological polar surface area (TPSA) is 51.2 Å². The summed E-state index contributed by atoms with van der Waals surface area (Å²) in [5, 5.41) is 0. The molecular weight excluding hydrogens is 351 g/mol. The zero-order valence-corrected chi connectivity index (χ0v) is 16.0. The molecule has 3 aliphatic heterocycles. The fraction of sp³-hybridized carbons (Fsp3) is 0.650. The minimum absolute atomic E-state index is 0.119. The molecule has 1 amide bonds. The van der Waals surface area contributed by atoms with E-state index in [-0.39, 0.29) is 11.9 Å². The van der Waals surface area contributed by atoms with Crippen LogP contribution in [0.5, 0.6) is 11.5 Å². The molecule has 2 fully saturated rings. The number of amides is 1. The maximum Gasteiger partial charge on any atom is 0.409 e. The highest BCUT2D eigenvalue weighted by atomic mass is 19.1. The number of benzene rings is 1. The normalized spacial score (nSPS) is 20.1. The number of hydrogen-bond acceptors (Lipinski definition) is 5. The Labute approximate surface area is 160 Å². The lowest BCUT2D eigenvalue weighted by Crippen LogP contribution is -2.35. The molecule has 0 bridgehead atoms. The molecule has 1 aromatic carbocycles. The standard InChI is InChI=1S/C12H22N2O2.C8H7FO2/c1-2-13-6-3-11(4-7-13)5-8-14-9-10-16-12(14)15;9-6-1-2-7-8(5-6)11-4-3-10-7/h11H,2-10H2,1H3;1-2,5H,3-4H2. The number of cyclic esters (lactones) is 1. The molecule has 3 heterocycles. The van der Waals surface area contributed by atoms with E-state index >= 15 is 0 Å². The van der Waals surface area contributed by atoms with Crippen molar-refractivity contribution in [1.29, 1.82) is 0 Å². The fourth-order valence-corrected chi connectivity index (χ4v) is 3.58. The second kappa shape index (κ2) is 9.78. The Morgan fingerprint density at radius 2 is 1.78 bits per heavy atom. The van der Waals surface area contributed by atoms with E-state index in [0.717, 1.165) is 25.4 Å². The summed E-state index contributed by atoms with van der Waals surface area (Å²) in [6.07, 6.45) is 3.60. The third-order valence-corrected chi connectivity index (χ3v) is 5.31. The van der Waals surface area contributed by atoms with Crippen molar-refractivity contribution in [3.63, 3.8) is 0 Å². The molecule has 3 aliphatic rings. The van der Waals surface area contributed by atoms with Gasteiger partial charge in [0, 0.05) is 12.6 Å². The molecule has 2 saturated heterocycles. The quantitative estimate of drug-likeness (QED) is 0.803. The van der Waals surface area contributed by atoms with Gasteiger partial charge < -0.3 is 24.0 Å². The Balaban J connectivity index is 0.000000166. The van der Waals surface area contributed by atoms with Crippen LogP contribution in [0.15, 0.2) is 18.2 Å². The monoisotopic (exact) mass is 380 g/mol. The van der Waals surface area contributed by atoms with Crippen LogP contribution in [0.3, 0.4) is 0 Å². The van der Waals surface area contributed by atoms with Crippen molar-refractivity contribution in [1.82, 2.24) is 9.80 Å². The number of hydrogen-bond donors (Lipinski definition) is 0. The molecule has 0 spiro atoms. The number of rotatable bonds is 4. The lowest BCUT2D eigenvalue weighted by Gasteiger charge is -2.31. The summed E-state index contributed by atoms with van der Waals surface area (Å²) < 4.78 is 27.8. The molecule has 0 saturated carbocycles. The minimum atomic E-state index is -0.297. The number of halogens is 1. The van der Waals surface area contributed by atoms with Crippen LogP contribution in [-0.4, -0.2) is 68.4 Å². The van der Waals surface area contributed by atoms with Gasteiger partial charge in [0.25, 0.3) is 0 Å². The average molecular weight is 380 g/mol. The Morgan fingerprint density at radius 1 is 1.04 bits per heavy atom. The zero-order valence-electron chi connectivity index (χ0n) is 16.0. The predicted octanol–water partition coefficient (Wildman–Crippen LogP) is 3.16. The van der Waals surface area contributed by atoms with E-state index in [1.54, 1.807) is 6.07 Å². The third kappa shape index (κ3) is 5.73. The van der Waals surface area contributed by atoms with Crippen LogP contribution >= 0.6 is 0 Å². The van der Waals surface area contributed by atoms with Crippen LogP contribution in [0.1, 0.15) is 26.2 Å². The summed E-state index contributed by atoms with van der Waals surface area (Å²) in [6.45, 7) is 9.13. The maximum absolute atomic E-state index is 12.6. The van der Waals surface area contributed by atoms with Crippen LogP contribution < -0.4 is 9.47 Å². The molecule has 150 valence electrons. The molecule has 0 N–H and O–H groups in total. The summed E-state index contributed by atoms with van der Waals surface area (Å²) in [4.78, 5) is 15.6. The summed E-state index contributed by atoms with van der Waals surface area (Å²) in [5.74, 6) is 1.62. The lowest BCUT2D eigenvalue weighted by molar-refractivity contribution is 0.150. The van der Waals surface area contributed by atoms with Crippen LogP contribution in [-0.2, 0) is 4.74 Å². The first-order chi connectivity index (χ1) is 13.2. The molecule has 7 heteroatoms. The van der Waals surface area contributed by atoms with Gasteiger partial charge in [-0.2, -0.15) is 0 Å². The summed E-state index contributed by atoms with van der Waals surface area (Å²) in [6, 6.07) is 4.26. The first-order valence-electron chi connectivity index (χ1n) is 9.85. The van der Waals surface area contributed by atoms with E-state index < -0.39 is 0 Å². The summed E-state index contributed by atoms with van der Waals surface area (Å²) in [5.41, 5.74) is 0. The van der Waals surface area contributed by atoms with Crippen LogP contribution in [0.4, 0.5) is 9.18 Å². The maximum atomic E-state index is 12.6. The van der Waals surface area contributed by atoms with Crippen molar-refractivity contribution in [3.8, 4) is 11.5 Å². The van der Waals surface area contributed by atoms with E-state index in [4.69, 9.17) is 14.2 Å². The highest BCUT2D eigenvalue weighted by Gasteiger charge is 2.24. The smallest absolute Gasteiger partial charge is 0.409 e. The van der Waals surface area contributed by atoms with E-state index in [1.807, 2.05) is 4.90 Å². The van der Waals surface area contributed by atoms with Crippen LogP contribution in [0.2, 0.25) is 0 Å². The zero-order chi connectivity index (χ0) is 19.1. The number of piperidine rings is 1. The molecular formula is C20H29FN2O4. The molecule has 1 aromatic rings. The predicted molar refractivity (Wildman–Crippen MR) is 99.8 cm³/mol. The van der Waals surface area contributed by atoms with Gasteiger partial charge in [-0.05, 0) is 56.9 Å². The van der Waals surface area contributed by atoms with Crippen molar-refractivity contribution in [2.75, 3.05) is 52.5 Å². The van der Waals surface area contributed by atoms with Crippen LogP contribution in [0, 0.1) is 11.7 Å². The van der Waals surface area contributed by atoms with E-state index in [2.05, 4.69) is 11.8 Å². The Morgan fingerprint density at radius 3 is 2.44 bits per heavy atom. The molecule has 0 atom stereocenters. The van der Waals surface area contributed by atoms with E-state index in [0.29, 0.717) is 31.3 Å². The Hall–Kier alpha value is -2.02. The highest BCUT2D eigenvalue weighted by Crippen LogP contribution is 2.29. The third-order valence-electron chi connectivity index (χ3n) is 5.31. The van der Waals surface area contributed by atoms with Crippen molar-refractivity contribution >= 4 is 6.09 Å². The number of carbonyl (C=O) groups excluding carboxylic acids is 1. The molecule has 0 aliphatic carbocycles. The van der Waals surface area contributed by atoms with Crippen molar-refractivity contribution < 1.29 is 23.4 Å². The van der Waals surface area contributed by atoms with E-state index in [1.165, 1.54) is 44.6 Å². The van der Waals surface area contributed by atoms with Crippen LogP contribution in [0.25, 0.3) is 0 Å². The number of nitrogens with zero attached hydrogens (tertiary/aromatic N) is 2. The summed E-state index contributed by atoms with van der Waals surface area (Å²) in [7, 11) is 0. The van der Waals surface area contributed by atoms with Gasteiger partial charge in [0.2, 0.25) is 0 Å². The summed E-state index contributed by atoms with van der Waals surface area (Å²) >= 11 is 0. The lowest BCUT2D eigenvalue weighted by atomic mass is 9.93. The first-order valence-corrected chi connectivity index (χ1v) is 9.85. The Kier molecular flexibility index (Phi) is 7.15. The molecule has 4 rings (SSSR count). The van der Waals surface area contributed by atoms with Gasteiger partial charge in [-0.1, -0.05) is 6.92 Å². The number of fused-ring (bicyclic) bond motifs is 1. The minimum Gasteiger partial charge on any atom is -0.486 e. The van der Waals surface area contributed by atoms with E-state index in [9.17, 15) is 9.18 Å². The van der Waals surface area contributed by atoms with Gasteiger partial charge >= 0.3 is 6.09 Å². The van der Waals surface area contributed by atoms with Crippen molar-refractivity contribution in [2.45, 2.75) is 26.2 Å². The van der Waals surface area contributed by atoms with Gasteiger partial charge in [-0.15, -0.1) is 0 Å². The SMILES string of the molecule is CCN1CCC(CCN2CCOC2=O)CC1.Fc1ccc2c(c1)OCCO2. The van der Waals surface area contributed by atoms with Crippen molar-refractivity contribution in [2.24, 2.45) is 5.92 Å². The highest BCUT2D eigenvalue weighted by molar-refractivity contribution is 5.69. The van der Waals surface area contributed by atoms with Gasteiger partial charge in [0.15, 0.2) is 11.5 Å². The molecule has 0 radical (unpaired) electrons. The first kappa shape index (κ1) is 19.7. The number of likely N-dealkylation sites (tertiary alicyclic amines) is 1. The molecule has 0 unspecified atom stereocenters. The van der Waals surface area contributed by atoms with Gasteiger partial charge in [0.1, 0.15) is 25.6 Å². The van der Waals surface area contributed by atoms with Gasteiger partial charge in [0.05, 0.1) is 6.54 Å². The second-order valence-electron chi connectivity index (χ2n) is 7.06. The number of carbonyl (C=O) groups is 1. The largest absolute Gasteiger partial charge is 0.486 e. The average Bonchev–Trinajstić information content (AvgIpc) is 3.12. The molecule has 0 aromatic heterocycles. The molecule has 6 nitrogen and oxygen atoms in total. The Bertz CT molecular complexity index is 620. The molecule has 27 heavy (non-hydrogen) atoms. The van der Waals surface area contributed by atoms with Crippen molar-refractivity contribution in [3.05, 3.63) is 24.0 Å². The number of ether oxygens (including phenoxy) is 3. The van der Waals surface area contributed by atoms with Gasteiger partial charge in [-0.3, -0.25) is 0 Å². The second-order valence-corrected chi connectivity index (χ2v) is 7.06.